The van der Waals surface area contributed by atoms with E-state index in [1.165, 1.54) is 11.1 Å². The average Bonchev–Trinajstić information content (AvgIpc) is 2.67. The van der Waals surface area contributed by atoms with Crippen molar-refractivity contribution >= 4 is 5.91 Å². The van der Waals surface area contributed by atoms with Gasteiger partial charge in [0.2, 0.25) is 5.91 Å². The first-order chi connectivity index (χ1) is 12.6. The summed E-state index contributed by atoms with van der Waals surface area (Å²) in [6.45, 7) is 0. The number of pyridine rings is 1. The molecule has 1 atom stereocenters. The van der Waals surface area contributed by atoms with Gasteiger partial charge in [0.15, 0.2) is 0 Å². The first-order valence-corrected chi connectivity index (χ1v) is 8.78. The van der Waals surface area contributed by atoms with E-state index in [1.54, 1.807) is 24.4 Å². The molecule has 3 N–H and O–H groups in total. The lowest BCUT2D eigenvalue weighted by atomic mass is 9.78. The first kappa shape index (κ1) is 16.3. The summed E-state index contributed by atoms with van der Waals surface area (Å²) in [5, 5.41) is 10.0. The first-order valence-electron chi connectivity index (χ1n) is 8.78. The van der Waals surface area contributed by atoms with Gasteiger partial charge in [-0.2, -0.15) is 0 Å². The highest BCUT2D eigenvalue weighted by Gasteiger charge is 2.24. The Morgan fingerprint density at radius 2 is 1.92 bits per heavy atom. The number of benzene rings is 2. The standard InChI is InChI=1S/C22H20N2O2/c23-22(26)19-5-2-1-4-18(19)16-9-7-15-13-17(10-8-14(15)12-16)21-20(25)6-3-11-24-21/h1-6,8,10-11,13,16,25H,7,9,12H2,(H2,23,26)/t16-/m0/s1. The molecule has 4 rings (SSSR count). The molecule has 1 aliphatic rings. The number of hydrogen-bond donors (Lipinski definition) is 2. The second-order valence-electron chi connectivity index (χ2n) is 6.75. The Bertz CT molecular complexity index is 981. The minimum absolute atomic E-state index is 0.191. The summed E-state index contributed by atoms with van der Waals surface area (Å²) in [6.07, 6.45) is 4.46. The number of carbonyl (C=O) groups excluding carboxylic acids is 1. The van der Waals surface area contributed by atoms with Gasteiger partial charge in [0.1, 0.15) is 11.4 Å². The second kappa shape index (κ2) is 6.64. The lowest BCUT2D eigenvalue weighted by Crippen LogP contribution is -2.19. The monoisotopic (exact) mass is 344 g/mol. The number of primary amides is 1. The van der Waals surface area contributed by atoms with Gasteiger partial charge in [-0.05, 0) is 66.1 Å². The maximum absolute atomic E-state index is 11.7. The summed E-state index contributed by atoms with van der Waals surface area (Å²) in [7, 11) is 0. The molecule has 1 aliphatic carbocycles. The van der Waals surface area contributed by atoms with Crippen molar-refractivity contribution in [3.8, 4) is 17.0 Å². The normalized spacial score (nSPS) is 16.1. The van der Waals surface area contributed by atoms with E-state index in [0.29, 0.717) is 17.2 Å². The van der Waals surface area contributed by atoms with Gasteiger partial charge in [-0.1, -0.05) is 30.3 Å². The summed E-state index contributed by atoms with van der Waals surface area (Å²) in [5.41, 5.74) is 11.3. The number of amides is 1. The summed E-state index contributed by atoms with van der Waals surface area (Å²) in [4.78, 5) is 16.0. The van der Waals surface area contributed by atoms with Crippen molar-refractivity contribution in [1.82, 2.24) is 4.98 Å². The zero-order valence-electron chi connectivity index (χ0n) is 14.4. The molecule has 1 aromatic heterocycles. The fourth-order valence-corrected chi connectivity index (χ4v) is 3.86. The molecule has 0 aliphatic heterocycles. The zero-order valence-corrected chi connectivity index (χ0v) is 14.4. The number of aromatic nitrogens is 1. The summed E-state index contributed by atoms with van der Waals surface area (Å²) < 4.78 is 0. The average molecular weight is 344 g/mol. The highest BCUT2D eigenvalue weighted by atomic mass is 16.3. The lowest BCUT2D eigenvalue weighted by molar-refractivity contribution is 0.0999. The molecule has 0 saturated carbocycles. The number of rotatable bonds is 3. The van der Waals surface area contributed by atoms with Crippen LogP contribution in [-0.4, -0.2) is 16.0 Å². The van der Waals surface area contributed by atoms with Gasteiger partial charge in [-0.3, -0.25) is 9.78 Å². The molecule has 0 unspecified atom stereocenters. The second-order valence-corrected chi connectivity index (χ2v) is 6.75. The molecule has 2 aromatic carbocycles. The third-order valence-corrected chi connectivity index (χ3v) is 5.16. The van der Waals surface area contributed by atoms with Crippen LogP contribution in [0, 0.1) is 0 Å². The van der Waals surface area contributed by atoms with Gasteiger partial charge in [0, 0.05) is 17.3 Å². The molecule has 0 radical (unpaired) electrons. The zero-order chi connectivity index (χ0) is 18.1. The molecule has 130 valence electrons. The van der Waals surface area contributed by atoms with E-state index >= 15 is 0 Å². The van der Waals surface area contributed by atoms with Crippen LogP contribution in [0.5, 0.6) is 5.75 Å². The molecule has 0 spiro atoms. The number of carbonyl (C=O) groups is 1. The molecule has 3 aromatic rings. The third kappa shape index (κ3) is 2.94. The van der Waals surface area contributed by atoms with Gasteiger partial charge < -0.3 is 10.8 Å². The quantitative estimate of drug-likeness (QED) is 0.758. The summed E-state index contributed by atoms with van der Waals surface area (Å²) >= 11 is 0. The van der Waals surface area contributed by atoms with Crippen LogP contribution in [0.3, 0.4) is 0 Å². The molecule has 4 nitrogen and oxygen atoms in total. The van der Waals surface area contributed by atoms with Crippen LogP contribution in [-0.2, 0) is 12.8 Å². The molecule has 1 heterocycles. The van der Waals surface area contributed by atoms with E-state index in [0.717, 1.165) is 30.4 Å². The largest absolute Gasteiger partial charge is 0.506 e. The topological polar surface area (TPSA) is 76.2 Å². The lowest BCUT2D eigenvalue weighted by Gasteiger charge is -2.26. The van der Waals surface area contributed by atoms with E-state index < -0.39 is 0 Å². The van der Waals surface area contributed by atoms with Gasteiger partial charge in [0.05, 0.1) is 0 Å². The molecule has 0 saturated heterocycles. The molecular weight excluding hydrogens is 324 g/mol. The molecular formula is C22H20N2O2. The van der Waals surface area contributed by atoms with Crippen LogP contribution in [0.15, 0.2) is 60.8 Å². The van der Waals surface area contributed by atoms with Gasteiger partial charge in [-0.25, -0.2) is 0 Å². The summed E-state index contributed by atoms with van der Waals surface area (Å²) in [6, 6.07) is 17.2. The van der Waals surface area contributed by atoms with Crippen molar-refractivity contribution < 1.29 is 9.90 Å². The Morgan fingerprint density at radius 3 is 2.73 bits per heavy atom. The van der Waals surface area contributed by atoms with Crippen LogP contribution in [0.2, 0.25) is 0 Å². The molecule has 0 fully saturated rings. The van der Waals surface area contributed by atoms with Gasteiger partial charge in [-0.15, -0.1) is 0 Å². The number of aromatic hydroxyl groups is 1. The van der Waals surface area contributed by atoms with E-state index in [2.05, 4.69) is 17.1 Å². The van der Waals surface area contributed by atoms with Crippen molar-refractivity contribution in [2.24, 2.45) is 5.73 Å². The third-order valence-electron chi connectivity index (χ3n) is 5.16. The van der Waals surface area contributed by atoms with Crippen molar-refractivity contribution in [2.45, 2.75) is 25.2 Å². The maximum Gasteiger partial charge on any atom is 0.248 e. The Hall–Kier alpha value is -3.14. The van der Waals surface area contributed by atoms with Crippen LogP contribution in [0.25, 0.3) is 11.3 Å². The Balaban J connectivity index is 1.65. The highest BCUT2D eigenvalue weighted by Crippen LogP contribution is 2.36. The molecule has 0 bridgehead atoms. The van der Waals surface area contributed by atoms with E-state index in [9.17, 15) is 9.90 Å². The number of hydrogen-bond acceptors (Lipinski definition) is 3. The van der Waals surface area contributed by atoms with Gasteiger partial charge in [0.25, 0.3) is 0 Å². The predicted molar refractivity (Wildman–Crippen MR) is 101 cm³/mol. The smallest absolute Gasteiger partial charge is 0.248 e. The fraction of sp³-hybridized carbons (Fsp3) is 0.182. The number of aryl methyl sites for hydroxylation is 1. The predicted octanol–water partition coefficient (Wildman–Crippen LogP) is 3.83. The minimum Gasteiger partial charge on any atom is -0.506 e. The van der Waals surface area contributed by atoms with Crippen molar-refractivity contribution in [2.75, 3.05) is 0 Å². The Kier molecular flexibility index (Phi) is 4.17. The van der Waals surface area contributed by atoms with Crippen LogP contribution in [0.1, 0.15) is 39.4 Å². The number of fused-ring (bicyclic) bond motifs is 1. The number of nitrogens with two attached hydrogens (primary N) is 1. The molecule has 1 amide bonds. The van der Waals surface area contributed by atoms with Gasteiger partial charge >= 0.3 is 0 Å². The van der Waals surface area contributed by atoms with E-state index in [-0.39, 0.29) is 11.7 Å². The van der Waals surface area contributed by atoms with Crippen LogP contribution >= 0.6 is 0 Å². The Labute approximate surface area is 152 Å². The van der Waals surface area contributed by atoms with Crippen molar-refractivity contribution in [3.63, 3.8) is 0 Å². The minimum atomic E-state index is -0.368. The maximum atomic E-state index is 11.7. The highest BCUT2D eigenvalue weighted by molar-refractivity contribution is 5.94. The fourth-order valence-electron chi connectivity index (χ4n) is 3.86. The molecule has 4 heteroatoms. The number of nitrogens with zero attached hydrogens (tertiary/aromatic N) is 1. The van der Waals surface area contributed by atoms with Crippen LogP contribution < -0.4 is 5.73 Å². The summed E-state index contributed by atoms with van der Waals surface area (Å²) in [5.74, 6) is 0.115. The van der Waals surface area contributed by atoms with E-state index in [4.69, 9.17) is 5.73 Å². The SMILES string of the molecule is NC(=O)c1ccccc1[C@H]1CCc2cc(-c3ncccc3O)ccc2C1. The van der Waals surface area contributed by atoms with Crippen molar-refractivity contribution in [1.29, 1.82) is 0 Å². The van der Waals surface area contributed by atoms with Crippen molar-refractivity contribution in [3.05, 3.63) is 83.0 Å². The van der Waals surface area contributed by atoms with E-state index in [1.807, 2.05) is 24.3 Å². The molecule has 26 heavy (non-hydrogen) atoms. The van der Waals surface area contributed by atoms with Crippen LogP contribution in [0.4, 0.5) is 0 Å². The Morgan fingerprint density at radius 1 is 1.08 bits per heavy atom.